The van der Waals surface area contributed by atoms with Gasteiger partial charge in [-0.3, -0.25) is 0 Å². The number of pyridine rings is 1. The molecule has 10 heteroatoms. The number of ether oxygens (including phenoxy) is 2. The summed E-state index contributed by atoms with van der Waals surface area (Å²) in [6, 6.07) is 1.28. The van der Waals surface area contributed by atoms with E-state index in [0.717, 1.165) is 0 Å². The zero-order chi connectivity index (χ0) is 15.7. The summed E-state index contributed by atoms with van der Waals surface area (Å²) in [7, 11) is -2.07. The van der Waals surface area contributed by atoms with Crippen LogP contribution in [0.15, 0.2) is 17.2 Å². The van der Waals surface area contributed by atoms with Gasteiger partial charge in [-0.25, -0.2) is 24.0 Å². The fraction of sp³-hybridized carbons (Fsp3) is 0.545. The zero-order valence-electron chi connectivity index (χ0n) is 11.6. The van der Waals surface area contributed by atoms with Crippen molar-refractivity contribution in [2.24, 2.45) is 5.84 Å². The first kappa shape index (κ1) is 18.1. The molecule has 120 valence electrons. The minimum atomic E-state index is -3.65. The van der Waals surface area contributed by atoms with Crippen molar-refractivity contribution in [1.82, 2.24) is 9.71 Å². The van der Waals surface area contributed by atoms with E-state index in [9.17, 15) is 8.42 Å². The molecule has 0 saturated carbocycles. The summed E-state index contributed by atoms with van der Waals surface area (Å²) in [6.45, 7) is 1.69. The lowest BCUT2D eigenvalue weighted by Gasteiger charge is -2.08. The molecule has 21 heavy (non-hydrogen) atoms. The molecule has 4 N–H and O–H groups in total. The van der Waals surface area contributed by atoms with Crippen LogP contribution >= 0.6 is 11.6 Å². The van der Waals surface area contributed by atoms with E-state index in [0.29, 0.717) is 26.2 Å². The van der Waals surface area contributed by atoms with Crippen LogP contribution in [0, 0.1) is 0 Å². The van der Waals surface area contributed by atoms with Crippen molar-refractivity contribution in [3.8, 4) is 0 Å². The molecule has 8 nitrogen and oxygen atoms in total. The molecule has 0 aliphatic rings. The number of aromatic nitrogens is 1. The maximum absolute atomic E-state index is 12.0. The lowest BCUT2D eigenvalue weighted by Crippen LogP contribution is -2.26. The van der Waals surface area contributed by atoms with Crippen molar-refractivity contribution in [1.29, 1.82) is 0 Å². The van der Waals surface area contributed by atoms with Gasteiger partial charge in [0.15, 0.2) is 5.82 Å². The second kappa shape index (κ2) is 9.13. The first-order valence-corrected chi connectivity index (χ1v) is 8.06. The minimum absolute atomic E-state index is 0.0215. The number of nitrogens with one attached hydrogen (secondary N) is 2. The first-order valence-electron chi connectivity index (χ1n) is 6.19. The molecule has 0 unspecified atom stereocenters. The van der Waals surface area contributed by atoms with Gasteiger partial charge in [0.05, 0.1) is 18.2 Å². The molecule has 0 saturated heterocycles. The Morgan fingerprint density at radius 3 is 2.76 bits per heavy atom. The Labute approximate surface area is 129 Å². The molecular formula is C11H19ClN4O4S. The quantitative estimate of drug-likeness (QED) is 0.320. The van der Waals surface area contributed by atoms with E-state index >= 15 is 0 Å². The molecule has 0 amide bonds. The predicted octanol–water partition coefficient (Wildman–Crippen LogP) is 0.352. The van der Waals surface area contributed by atoms with E-state index in [1.165, 1.54) is 12.3 Å². The van der Waals surface area contributed by atoms with Crippen molar-refractivity contribution in [2.45, 2.75) is 11.3 Å². The average molecular weight is 339 g/mol. The van der Waals surface area contributed by atoms with Gasteiger partial charge >= 0.3 is 0 Å². The van der Waals surface area contributed by atoms with Crippen LogP contribution < -0.4 is 16.0 Å². The van der Waals surface area contributed by atoms with Gasteiger partial charge in [0.25, 0.3) is 0 Å². The standard InChI is InChI=1S/C11H19ClN4O4S/c1-19-5-6-20-4-2-3-15-21(17,18)9-7-10(12)11(16-13)14-8-9/h7-8,15H,2-6,13H2,1H3,(H,14,16). The number of nitrogens with two attached hydrogens (primary N) is 1. The summed E-state index contributed by atoms with van der Waals surface area (Å²) in [6.07, 6.45) is 1.73. The van der Waals surface area contributed by atoms with Gasteiger partial charge in [-0.05, 0) is 12.5 Å². The topological polar surface area (TPSA) is 116 Å². The van der Waals surface area contributed by atoms with Crippen LogP contribution in [0.2, 0.25) is 5.02 Å². The van der Waals surface area contributed by atoms with Crippen molar-refractivity contribution in [2.75, 3.05) is 38.9 Å². The molecule has 0 aliphatic carbocycles. The van der Waals surface area contributed by atoms with E-state index < -0.39 is 10.0 Å². The fourth-order valence-corrected chi connectivity index (χ4v) is 2.71. The van der Waals surface area contributed by atoms with E-state index in [1.54, 1.807) is 7.11 Å². The van der Waals surface area contributed by atoms with E-state index in [4.69, 9.17) is 26.9 Å². The second-order valence-corrected chi connectivity index (χ2v) is 6.18. The predicted molar refractivity (Wildman–Crippen MR) is 79.6 cm³/mol. The first-order chi connectivity index (χ1) is 10.0. The van der Waals surface area contributed by atoms with Gasteiger partial charge in [0.2, 0.25) is 10.0 Å². The van der Waals surface area contributed by atoms with Gasteiger partial charge < -0.3 is 14.9 Å². The summed E-state index contributed by atoms with van der Waals surface area (Å²) in [5, 5.41) is 0.128. The number of rotatable bonds is 10. The van der Waals surface area contributed by atoms with Crippen LogP contribution in [0.4, 0.5) is 5.82 Å². The van der Waals surface area contributed by atoms with Gasteiger partial charge in [-0.1, -0.05) is 11.6 Å². The molecule has 0 bridgehead atoms. The molecular weight excluding hydrogens is 320 g/mol. The number of sulfonamides is 1. The molecule has 0 fully saturated rings. The lowest BCUT2D eigenvalue weighted by atomic mass is 10.5. The third kappa shape index (κ3) is 6.12. The Hall–Kier alpha value is -0.970. The molecule has 0 spiro atoms. The Kier molecular flexibility index (Phi) is 7.86. The zero-order valence-corrected chi connectivity index (χ0v) is 13.2. The van der Waals surface area contributed by atoms with Gasteiger partial charge in [-0.2, -0.15) is 0 Å². The summed E-state index contributed by atoms with van der Waals surface area (Å²) in [5.41, 5.74) is 2.27. The molecule has 1 aromatic heterocycles. The monoisotopic (exact) mass is 338 g/mol. The van der Waals surface area contributed by atoms with Crippen molar-refractivity contribution >= 4 is 27.4 Å². The van der Waals surface area contributed by atoms with Crippen molar-refractivity contribution in [3.05, 3.63) is 17.3 Å². The van der Waals surface area contributed by atoms with E-state index in [1.807, 2.05) is 0 Å². The summed E-state index contributed by atoms with van der Waals surface area (Å²) < 4.78 is 36.5. The second-order valence-electron chi connectivity index (χ2n) is 4.00. The minimum Gasteiger partial charge on any atom is -0.382 e. The Morgan fingerprint density at radius 2 is 2.14 bits per heavy atom. The van der Waals surface area contributed by atoms with Gasteiger partial charge in [0.1, 0.15) is 4.90 Å². The van der Waals surface area contributed by atoms with Crippen molar-refractivity contribution < 1.29 is 17.9 Å². The van der Waals surface area contributed by atoms with Crippen LogP contribution in [0.1, 0.15) is 6.42 Å². The molecule has 1 aromatic rings. The number of nitrogens with zero attached hydrogens (tertiary/aromatic N) is 1. The van der Waals surface area contributed by atoms with Gasteiger partial charge in [0, 0.05) is 26.5 Å². The lowest BCUT2D eigenvalue weighted by molar-refractivity contribution is 0.0699. The highest BCUT2D eigenvalue weighted by atomic mass is 35.5. The molecule has 1 heterocycles. The maximum Gasteiger partial charge on any atom is 0.242 e. The Balaban J connectivity index is 2.45. The molecule has 0 aromatic carbocycles. The normalized spacial score (nSPS) is 11.6. The van der Waals surface area contributed by atoms with Gasteiger partial charge in [-0.15, -0.1) is 0 Å². The van der Waals surface area contributed by atoms with Crippen LogP contribution in [-0.2, 0) is 19.5 Å². The highest BCUT2D eigenvalue weighted by Gasteiger charge is 2.15. The Morgan fingerprint density at radius 1 is 1.38 bits per heavy atom. The number of nitrogen functional groups attached to an aromatic ring is 1. The van der Waals surface area contributed by atoms with Crippen molar-refractivity contribution in [3.63, 3.8) is 0 Å². The van der Waals surface area contributed by atoms with Crippen LogP contribution in [0.25, 0.3) is 0 Å². The third-order valence-corrected chi connectivity index (χ3v) is 4.17. The number of hydrazine groups is 1. The molecule has 0 radical (unpaired) electrons. The molecule has 0 atom stereocenters. The number of methoxy groups -OCH3 is 1. The smallest absolute Gasteiger partial charge is 0.242 e. The number of hydrogen-bond donors (Lipinski definition) is 3. The fourth-order valence-electron chi connectivity index (χ4n) is 1.38. The number of hydrogen-bond acceptors (Lipinski definition) is 7. The number of halogens is 1. The summed E-state index contributed by atoms with van der Waals surface area (Å²) in [5.74, 6) is 5.38. The highest BCUT2D eigenvalue weighted by Crippen LogP contribution is 2.21. The highest BCUT2D eigenvalue weighted by molar-refractivity contribution is 7.89. The van der Waals surface area contributed by atoms with E-state index in [2.05, 4.69) is 15.1 Å². The largest absolute Gasteiger partial charge is 0.382 e. The molecule has 1 rings (SSSR count). The van der Waals surface area contributed by atoms with Crippen LogP contribution in [-0.4, -0.2) is 46.9 Å². The molecule has 0 aliphatic heterocycles. The summed E-state index contributed by atoms with van der Waals surface area (Å²) in [4.78, 5) is 3.79. The summed E-state index contributed by atoms with van der Waals surface area (Å²) >= 11 is 5.84. The average Bonchev–Trinajstić information content (AvgIpc) is 2.46. The Bertz CT molecular complexity index is 541. The maximum atomic E-state index is 12.0. The third-order valence-electron chi connectivity index (χ3n) is 2.45. The van der Waals surface area contributed by atoms with Crippen LogP contribution in [0.5, 0.6) is 0 Å². The van der Waals surface area contributed by atoms with E-state index in [-0.39, 0.29) is 22.3 Å². The van der Waals surface area contributed by atoms with Crippen LogP contribution in [0.3, 0.4) is 0 Å². The SMILES string of the molecule is COCCOCCCNS(=O)(=O)c1cnc(NN)c(Cl)c1. The number of anilines is 1.